The van der Waals surface area contributed by atoms with E-state index in [1.54, 1.807) is 0 Å². The van der Waals surface area contributed by atoms with Crippen LogP contribution in [0.2, 0.25) is 0 Å². The zero-order valence-corrected chi connectivity index (χ0v) is 17.7. The maximum absolute atomic E-state index is 13.9. The summed E-state index contributed by atoms with van der Waals surface area (Å²) in [6, 6.07) is 0. The summed E-state index contributed by atoms with van der Waals surface area (Å²) in [6.07, 6.45) is 4.78. The Morgan fingerprint density at radius 1 is 1.24 bits per heavy atom. The molecule has 0 aromatic heterocycles. The van der Waals surface area contributed by atoms with Gasteiger partial charge in [0.25, 0.3) is 0 Å². The van der Waals surface area contributed by atoms with E-state index >= 15 is 0 Å². The number of esters is 1. The molecule has 29 heavy (non-hydrogen) atoms. The molecule has 158 valence electrons. The number of rotatable bonds is 2. The number of hydrogen-bond donors (Lipinski definition) is 1. The molecule has 6 nitrogen and oxygen atoms in total. The molecule has 0 aromatic carbocycles. The van der Waals surface area contributed by atoms with Crippen LogP contribution >= 0.6 is 0 Å². The summed E-state index contributed by atoms with van der Waals surface area (Å²) < 4.78 is 5.47. The van der Waals surface area contributed by atoms with Crippen LogP contribution in [0.4, 0.5) is 0 Å². The fourth-order valence-electron chi connectivity index (χ4n) is 7.43. The largest absolute Gasteiger partial charge is 0.455 e. The third-order valence-electron chi connectivity index (χ3n) is 8.86. The van der Waals surface area contributed by atoms with Gasteiger partial charge in [-0.05, 0) is 49.4 Å². The monoisotopic (exact) mass is 401 g/mol. The van der Waals surface area contributed by atoms with Gasteiger partial charge in [0, 0.05) is 12.5 Å². The maximum atomic E-state index is 13.9. The van der Waals surface area contributed by atoms with Gasteiger partial charge in [-0.3, -0.25) is 14.4 Å². The Morgan fingerprint density at radius 2 is 1.97 bits per heavy atom. The number of ether oxygens (including phenoxy) is 1. The van der Waals surface area contributed by atoms with Gasteiger partial charge in [-0.2, -0.15) is 0 Å². The van der Waals surface area contributed by atoms with Crippen molar-refractivity contribution in [3.8, 4) is 0 Å². The van der Waals surface area contributed by atoms with E-state index in [1.165, 1.54) is 10.5 Å². The van der Waals surface area contributed by atoms with Gasteiger partial charge in [-0.25, -0.2) is 0 Å². The van der Waals surface area contributed by atoms with E-state index in [0.717, 1.165) is 19.3 Å². The van der Waals surface area contributed by atoms with Crippen LogP contribution in [-0.2, 0) is 19.1 Å². The van der Waals surface area contributed by atoms with Gasteiger partial charge in [0.05, 0.1) is 0 Å². The zero-order chi connectivity index (χ0) is 20.9. The number of Topliss-reactive ketones (excluding diaryl/α,β-unsaturated/α-hetero) is 1. The first-order valence-electron chi connectivity index (χ1n) is 11.1. The van der Waals surface area contributed by atoms with E-state index in [-0.39, 0.29) is 34.9 Å². The molecule has 6 heteroatoms. The van der Waals surface area contributed by atoms with Crippen molar-refractivity contribution in [3.05, 3.63) is 11.6 Å². The Labute approximate surface area is 171 Å². The highest BCUT2D eigenvalue weighted by atomic mass is 16.6. The number of allylic oxidation sites excluding steroid dienone is 2. The molecule has 4 fully saturated rings. The Hall–Kier alpha value is -1.69. The third kappa shape index (κ3) is 2.30. The van der Waals surface area contributed by atoms with Gasteiger partial charge in [-0.15, -0.1) is 0 Å². The number of aliphatic hydroxyl groups is 1. The van der Waals surface area contributed by atoms with Crippen LogP contribution in [0.25, 0.3) is 0 Å². The number of amides is 1. The predicted octanol–water partition coefficient (Wildman–Crippen LogP) is 2.30. The first-order valence-corrected chi connectivity index (χ1v) is 11.1. The Kier molecular flexibility index (Phi) is 3.94. The van der Waals surface area contributed by atoms with Gasteiger partial charge >= 0.3 is 5.97 Å². The van der Waals surface area contributed by atoms with Crippen molar-refractivity contribution < 1.29 is 24.2 Å². The fraction of sp³-hybridized carbons (Fsp3) is 0.783. The summed E-state index contributed by atoms with van der Waals surface area (Å²) in [7, 11) is 0. The highest BCUT2D eigenvalue weighted by molar-refractivity contribution is 6.07. The Morgan fingerprint density at radius 3 is 2.69 bits per heavy atom. The van der Waals surface area contributed by atoms with Gasteiger partial charge < -0.3 is 14.7 Å². The number of nitrogens with zero attached hydrogens (tertiary/aromatic N) is 1. The zero-order valence-electron chi connectivity index (χ0n) is 17.7. The number of hydrogen-bond acceptors (Lipinski definition) is 5. The molecule has 9 atom stereocenters. The quantitative estimate of drug-likeness (QED) is 0.436. The minimum Gasteiger partial charge on any atom is -0.455 e. The van der Waals surface area contributed by atoms with Crippen LogP contribution in [0.15, 0.2) is 11.6 Å². The van der Waals surface area contributed by atoms with Crippen LogP contribution in [0, 0.1) is 40.9 Å². The second-order valence-corrected chi connectivity index (χ2v) is 10.6. The summed E-state index contributed by atoms with van der Waals surface area (Å²) in [5, 5.41) is 11.2. The molecule has 0 bridgehead atoms. The van der Waals surface area contributed by atoms with Crippen molar-refractivity contribution in [2.24, 2.45) is 40.9 Å². The van der Waals surface area contributed by atoms with E-state index in [0.29, 0.717) is 18.9 Å². The lowest BCUT2D eigenvalue weighted by Gasteiger charge is -2.51. The highest BCUT2D eigenvalue weighted by Gasteiger charge is 2.74. The molecule has 1 amide bonds. The molecule has 1 N–H and O–H groups in total. The molecule has 1 saturated carbocycles. The SMILES string of the molecule is CC1=C[C@@]2(C)C[C@H](C)CC[C@H]2[C@@H](C(=O)[C@@H]2C(=O)N3CC[C@H]4C(=O)O[C@@H]2[C@]43O)[C@H]1C. The number of carbonyl (C=O) groups excluding carboxylic acids is 3. The molecule has 0 radical (unpaired) electrons. The normalized spacial score (nSPS) is 50.9. The summed E-state index contributed by atoms with van der Waals surface area (Å²) >= 11 is 0. The molecular weight excluding hydrogens is 370 g/mol. The first-order chi connectivity index (χ1) is 13.6. The van der Waals surface area contributed by atoms with Crippen LogP contribution in [0.3, 0.4) is 0 Å². The average Bonchev–Trinajstić information content (AvgIpc) is 3.18. The van der Waals surface area contributed by atoms with Crippen LogP contribution in [0.1, 0.15) is 53.4 Å². The van der Waals surface area contributed by atoms with Crippen molar-refractivity contribution in [2.45, 2.75) is 65.2 Å². The lowest BCUT2D eigenvalue weighted by atomic mass is 9.52. The van der Waals surface area contributed by atoms with Gasteiger partial charge in [0.1, 0.15) is 11.8 Å². The van der Waals surface area contributed by atoms with Crippen molar-refractivity contribution in [1.29, 1.82) is 0 Å². The van der Waals surface area contributed by atoms with Crippen molar-refractivity contribution in [1.82, 2.24) is 4.90 Å². The Balaban J connectivity index is 1.53. The molecule has 2 aliphatic carbocycles. The fourth-order valence-corrected chi connectivity index (χ4v) is 7.43. The van der Waals surface area contributed by atoms with Gasteiger partial charge in [0.15, 0.2) is 17.6 Å². The van der Waals surface area contributed by atoms with Gasteiger partial charge in [0.2, 0.25) is 5.91 Å². The molecular formula is C23H31NO5. The first kappa shape index (κ1) is 19.3. The second-order valence-electron chi connectivity index (χ2n) is 10.6. The van der Waals surface area contributed by atoms with Crippen molar-refractivity contribution in [3.63, 3.8) is 0 Å². The highest BCUT2D eigenvalue weighted by Crippen LogP contribution is 2.57. The molecule has 0 spiro atoms. The standard InChI is InChI=1S/C23H31NO5/c1-11-5-6-14-16(13(3)12(2)10-22(14,4)9-11)18(25)17-19-23(28)15(21(27)29-19)7-8-24(23)20(17)26/h10-11,13-17,19,28H,5-9H2,1-4H3/t11-,13+,14+,15+,16+,17+,19+,22-,23-/m1/s1. The molecule has 5 aliphatic rings. The van der Waals surface area contributed by atoms with E-state index in [9.17, 15) is 19.5 Å². The molecule has 5 rings (SSSR count). The summed E-state index contributed by atoms with van der Waals surface area (Å²) in [4.78, 5) is 40.8. The van der Waals surface area contributed by atoms with E-state index < -0.39 is 29.6 Å². The van der Waals surface area contributed by atoms with Crippen LogP contribution in [-0.4, -0.2) is 46.0 Å². The topological polar surface area (TPSA) is 83.9 Å². The third-order valence-corrected chi connectivity index (χ3v) is 8.86. The Bertz CT molecular complexity index is 835. The van der Waals surface area contributed by atoms with Crippen LogP contribution in [0.5, 0.6) is 0 Å². The molecule has 0 aromatic rings. The number of fused-ring (bicyclic) bond motifs is 1. The summed E-state index contributed by atoms with van der Waals surface area (Å²) in [5.41, 5.74) is -0.498. The summed E-state index contributed by atoms with van der Waals surface area (Å²) in [5.74, 6) is -2.22. The molecule has 3 saturated heterocycles. The van der Waals surface area contributed by atoms with Gasteiger partial charge in [-0.1, -0.05) is 38.8 Å². The minimum absolute atomic E-state index is 0.0415. The van der Waals surface area contributed by atoms with E-state index in [2.05, 4.69) is 33.8 Å². The molecule has 0 unspecified atom stereocenters. The van der Waals surface area contributed by atoms with Crippen LogP contribution < -0.4 is 0 Å². The van der Waals surface area contributed by atoms with E-state index in [1.807, 2.05) is 0 Å². The second kappa shape index (κ2) is 5.93. The summed E-state index contributed by atoms with van der Waals surface area (Å²) in [6.45, 7) is 8.98. The van der Waals surface area contributed by atoms with Crippen molar-refractivity contribution >= 4 is 17.7 Å². The lowest BCUT2D eigenvalue weighted by Crippen LogP contribution is -2.50. The number of ketones is 1. The molecule has 3 heterocycles. The smallest absolute Gasteiger partial charge is 0.314 e. The average molecular weight is 402 g/mol. The molecule has 3 aliphatic heterocycles. The minimum atomic E-state index is -1.64. The van der Waals surface area contributed by atoms with E-state index in [4.69, 9.17) is 4.74 Å². The number of carbonyl (C=O) groups is 3. The lowest BCUT2D eigenvalue weighted by molar-refractivity contribution is -0.151. The maximum Gasteiger partial charge on any atom is 0.314 e. The predicted molar refractivity (Wildman–Crippen MR) is 104 cm³/mol. The van der Waals surface area contributed by atoms with Crippen molar-refractivity contribution in [2.75, 3.05) is 6.54 Å².